The van der Waals surface area contributed by atoms with Crippen LogP contribution < -0.4 is 5.32 Å². The fraction of sp³-hybridized carbons (Fsp3) is 0.571. The van der Waals surface area contributed by atoms with Gasteiger partial charge in [-0.05, 0) is 19.5 Å². The van der Waals surface area contributed by atoms with E-state index in [0.29, 0.717) is 12.0 Å². The molecule has 2 aromatic heterocycles. The van der Waals surface area contributed by atoms with Gasteiger partial charge < -0.3 is 14.6 Å². The first-order valence-corrected chi connectivity index (χ1v) is 6.96. The van der Waals surface area contributed by atoms with Crippen molar-refractivity contribution in [2.45, 2.75) is 32.4 Å². The zero-order chi connectivity index (χ0) is 13.2. The molecule has 0 aromatic carbocycles. The van der Waals surface area contributed by atoms with Crippen molar-refractivity contribution in [3.8, 4) is 0 Å². The van der Waals surface area contributed by atoms with Crippen LogP contribution in [0.3, 0.4) is 0 Å². The lowest BCUT2D eigenvalue weighted by Gasteiger charge is -2.18. The van der Waals surface area contributed by atoms with Gasteiger partial charge in [-0.2, -0.15) is 0 Å². The van der Waals surface area contributed by atoms with E-state index in [0.717, 1.165) is 43.2 Å². The van der Waals surface area contributed by atoms with Crippen molar-refractivity contribution in [2.75, 3.05) is 19.8 Å². The summed E-state index contributed by atoms with van der Waals surface area (Å²) in [5.74, 6) is 1.45. The summed E-state index contributed by atoms with van der Waals surface area (Å²) in [7, 11) is 0. The van der Waals surface area contributed by atoms with Crippen LogP contribution in [0.4, 0.5) is 0 Å². The summed E-state index contributed by atoms with van der Waals surface area (Å²) in [5, 5.41) is 3.49. The third-order valence-corrected chi connectivity index (χ3v) is 3.77. The first kappa shape index (κ1) is 12.6. The first-order chi connectivity index (χ1) is 9.35. The predicted molar refractivity (Wildman–Crippen MR) is 74.2 cm³/mol. The zero-order valence-electron chi connectivity index (χ0n) is 11.5. The molecular weight excluding hydrogens is 240 g/mol. The number of nitrogens with one attached hydrogen (secondary N) is 1. The molecular formula is C14H20N4O. The van der Waals surface area contributed by atoms with E-state index < -0.39 is 0 Å². The maximum absolute atomic E-state index is 5.64. The van der Waals surface area contributed by atoms with Gasteiger partial charge in [-0.1, -0.05) is 6.92 Å². The number of aromatic nitrogens is 3. The highest BCUT2D eigenvalue weighted by Gasteiger charge is 2.32. The van der Waals surface area contributed by atoms with Crippen molar-refractivity contribution in [2.24, 2.45) is 0 Å². The molecule has 1 aliphatic heterocycles. The molecule has 3 heterocycles. The Morgan fingerprint density at radius 2 is 2.32 bits per heavy atom. The van der Waals surface area contributed by atoms with E-state index in [2.05, 4.69) is 28.7 Å². The number of hydrogen-bond acceptors (Lipinski definition) is 4. The van der Waals surface area contributed by atoms with Crippen LogP contribution in [0.2, 0.25) is 0 Å². The van der Waals surface area contributed by atoms with Gasteiger partial charge in [0, 0.05) is 18.8 Å². The van der Waals surface area contributed by atoms with Crippen LogP contribution in [0, 0.1) is 0 Å². The maximum atomic E-state index is 5.64. The Morgan fingerprint density at radius 1 is 1.42 bits per heavy atom. The van der Waals surface area contributed by atoms with Gasteiger partial charge in [-0.3, -0.25) is 4.98 Å². The molecule has 0 aliphatic carbocycles. The average molecular weight is 260 g/mol. The van der Waals surface area contributed by atoms with E-state index in [9.17, 15) is 0 Å². The maximum Gasteiger partial charge on any atom is 0.117 e. The molecule has 2 atom stereocenters. The van der Waals surface area contributed by atoms with Crippen LogP contribution in [-0.2, 0) is 11.3 Å². The summed E-state index contributed by atoms with van der Waals surface area (Å²) in [6.45, 7) is 7.67. The average Bonchev–Trinajstić information content (AvgIpc) is 3.02. The molecule has 1 aliphatic rings. The topological polar surface area (TPSA) is 52.0 Å². The summed E-state index contributed by atoms with van der Waals surface area (Å²) in [6.07, 6.45) is 3.66. The number of likely N-dealkylation sites (N-methyl/N-ethyl adjacent to an activating group) is 1. The molecule has 0 bridgehead atoms. The van der Waals surface area contributed by atoms with Gasteiger partial charge in [-0.15, -0.1) is 0 Å². The quantitative estimate of drug-likeness (QED) is 0.906. The summed E-state index contributed by atoms with van der Waals surface area (Å²) in [6, 6.07) is 2.40. The molecule has 1 fully saturated rings. The van der Waals surface area contributed by atoms with E-state index in [1.54, 1.807) is 0 Å². The number of hydrogen-bond donors (Lipinski definition) is 1. The van der Waals surface area contributed by atoms with Gasteiger partial charge in [0.05, 0.1) is 30.8 Å². The largest absolute Gasteiger partial charge is 0.379 e. The number of imidazole rings is 1. The van der Waals surface area contributed by atoms with Gasteiger partial charge >= 0.3 is 0 Å². The van der Waals surface area contributed by atoms with Crippen molar-refractivity contribution >= 4 is 11.0 Å². The van der Waals surface area contributed by atoms with Crippen LogP contribution in [-0.4, -0.2) is 40.3 Å². The van der Waals surface area contributed by atoms with Crippen LogP contribution in [0.15, 0.2) is 18.5 Å². The molecule has 2 aromatic rings. The van der Waals surface area contributed by atoms with Crippen LogP contribution in [0.1, 0.15) is 25.6 Å². The SMILES string of the molecule is CCNC1COCC1c1nc2cnccc2n1CC. The Kier molecular flexibility index (Phi) is 3.48. The molecule has 5 nitrogen and oxygen atoms in total. The second-order valence-electron chi connectivity index (χ2n) is 4.89. The molecule has 3 rings (SSSR count). The molecule has 1 saturated heterocycles. The third-order valence-electron chi connectivity index (χ3n) is 3.77. The standard InChI is InChI=1S/C14H20N4O/c1-3-16-12-9-19-8-10(12)14-17-11-7-15-6-5-13(11)18(14)4-2/h5-7,10,12,16H,3-4,8-9H2,1-2H3. The van der Waals surface area contributed by atoms with Gasteiger partial charge in [-0.25, -0.2) is 4.98 Å². The minimum absolute atomic E-state index is 0.326. The van der Waals surface area contributed by atoms with Crippen LogP contribution >= 0.6 is 0 Å². The van der Waals surface area contributed by atoms with Crippen molar-refractivity contribution in [3.05, 3.63) is 24.3 Å². The van der Waals surface area contributed by atoms with Crippen LogP contribution in [0.5, 0.6) is 0 Å². The third kappa shape index (κ3) is 2.13. The highest BCUT2D eigenvalue weighted by molar-refractivity contribution is 5.74. The molecule has 0 radical (unpaired) electrons. The Balaban J connectivity index is 2.04. The molecule has 1 N–H and O–H groups in total. The molecule has 102 valence electrons. The van der Waals surface area contributed by atoms with E-state index >= 15 is 0 Å². The summed E-state index contributed by atoms with van der Waals surface area (Å²) in [5.41, 5.74) is 2.14. The lowest BCUT2D eigenvalue weighted by Crippen LogP contribution is -2.35. The number of fused-ring (bicyclic) bond motifs is 1. The Hall–Kier alpha value is -1.46. The molecule has 0 saturated carbocycles. The second kappa shape index (κ2) is 5.27. The Labute approximate surface area is 113 Å². The monoisotopic (exact) mass is 260 g/mol. The van der Waals surface area contributed by atoms with E-state index in [1.807, 2.05) is 18.5 Å². The minimum atomic E-state index is 0.326. The minimum Gasteiger partial charge on any atom is -0.379 e. The fourth-order valence-electron chi connectivity index (χ4n) is 2.89. The van der Waals surface area contributed by atoms with Gasteiger partial charge in [0.1, 0.15) is 11.3 Å². The fourth-order valence-corrected chi connectivity index (χ4v) is 2.89. The number of ether oxygens (including phenoxy) is 1. The second-order valence-corrected chi connectivity index (χ2v) is 4.89. The molecule has 0 amide bonds. The van der Waals surface area contributed by atoms with Crippen LogP contribution in [0.25, 0.3) is 11.0 Å². The normalized spacial score (nSPS) is 23.3. The molecule has 5 heteroatoms. The smallest absolute Gasteiger partial charge is 0.117 e. The summed E-state index contributed by atoms with van der Waals surface area (Å²) < 4.78 is 7.92. The van der Waals surface area contributed by atoms with E-state index in [4.69, 9.17) is 9.72 Å². The Bertz CT molecular complexity index is 566. The van der Waals surface area contributed by atoms with Crippen molar-refractivity contribution < 1.29 is 4.74 Å². The Morgan fingerprint density at radius 3 is 3.11 bits per heavy atom. The molecule has 19 heavy (non-hydrogen) atoms. The lowest BCUT2D eigenvalue weighted by molar-refractivity contribution is 0.187. The summed E-state index contributed by atoms with van der Waals surface area (Å²) >= 11 is 0. The van der Waals surface area contributed by atoms with Crippen molar-refractivity contribution in [1.82, 2.24) is 19.9 Å². The molecule has 0 spiro atoms. The number of pyridine rings is 1. The predicted octanol–water partition coefficient (Wildman–Crippen LogP) is 1.54. The van der Waals surface area contributed by atoms with Crippen molar-refractivity contribution in [1.29, 1.82) is 0 Å². The number of aryl methyl sites for hydroxylation is 1. The lowest BCUT2D eigenvalue weighted by atomic mass is 10.0. The van der Waals surface area contributed by atoms with Gasteiger partial charge in [0.2, 0.25) is 0 Å². The first-order valence-electron chi connectivity index (χ1n) is 6.96. The van der Waals surface area contributed by atoms with Gasteiger partial charge in [0.25, 0.3) is 0 Å². The highest BCUT2D eigenvalue weighted by atomic mass is 16.5. The highest BCUT2D eigenvalue weighted by Crippen LogP contribution is 2.28. The molecule has 2 unspecified atom stereocenters. The van der Waals surface area contributed by atoms with Crippen molar-refractivity contribution in [3.63, 3.8) is 0 Å². The number of rotatable bonds is 4. The van der Waals surface area contributed by atoms with Gasteiger partial charge in [0.15, 0.2) is 0 Å². The van der Waals surface area contributed by atoms with E-state index in [1.165, 1.54) is 0 Å². The zero-order valence-corrected chi connectivity index (χ0v) is 11.5. The van der Waals surface area contributed by atoms with E-state index in [-0.39, 0.29) is 0 Å². The number of nitrogens with zero attached hydrogens (tertiary/aromatic N) is 3. The summed E-state index contributed by atoms with van der Waals surface area (Å²) in [4.78, 5) is 8.94.